The van der Waals surface area contributed by atoms with Gasteiger partial charge in [0.05, 0.1) is 5.60 Å². The van der Waals surface area contributed by atoms with E-state index in [9.17, 15) is 14.7 Å². The molecule has 0 saturated carbocycles. The molecule has 0 aliphatic heterocycles. The summed E-state index contributed by atoms with van der Waals surface area (Å²) in [5.74, 6) is -0.0763. The molecule has 3 amide bonds. The second-order valence-electron chi connectivity index (χ2n) is 6.82. The molecule has 0 radical (unpaired) electrons. The molecule has 0 fully saturated rings. The third-order valence-electron chi connectivity index (χ3n) is 3.13. The summed E-state index contributed by atoms with van der Waals surface area (Å²) in [5, 5.41) is 17.8. The van der Waals surface area contributed by atoms with E-state index in [1.54, 1.807) is 26.0 Å². The Balaban J connectivity index is 2.65. The van der Waals surface area contributed by atoms with Gasteiger partial charge in [-0.15, -0.1) is 0 Å². The highest BCUT2D eigenvalue weighted by Crippen LogP contribution is 2.14. The fourth-order valence-corrected chi connectivity index (χ4v) is 2.25. The van der Waals surface area contributed by atoms with Crippen LogP contribution in [0.4, 0.5) is 10.5 Å². The van der Waals surface area contributed by atoms with E-state index in [4.69, 9.17) is 0 Å². The van der Waals surface area contributed by atoms with E-state index in [1.165, 1.54) is 0 Å². The average molecular weight is 400 g/mol. The van der Waals surface area contributed by atoms with Crippen LogP contribution in [0, 0.1) is 5.92 Å². The summed E-state index contributed by atoms with van der Waals surface area (Å²) in [6.07, 6.45) is 0.505. The molecule has 7 heteroatoms. The molecule has 1 unspecified atom stereocenters. The number of halogens is 1. The minimum Gasteiger partial charge on any atom is -0.389 e. The van der Waals surface area contributed by atoms with E-state index in [0.717, 1.165) is 4.47 Å². The lowest BCUT2D eigenvalue weighted by atomic mass is 10.0. The van der Waals surface area contributed by atoms with Crippen LogP contribution in [-0.2, 0) is 4.79 Å². The monoisotopic (exact) mass is 399 g/mol. The summed E-state index contributed by atoms with van der Waals surface area (Å²) in [4.78, 5) is 24.4. The Bertz CT molecular complexity index is 553. The summed E-state index contributed by atoms with van der Waals surface area (Å²) in [7, 11) is 0. The highest BCUT2D eigenvalue weighted by Gasteiger charge is 2.23. The first-order chi connectivity index (χ1) is 11.1. The second kappa shape index (κ2) is 9.03. The van der Waals surface area contributed by atoms with Crippen molar-refractivity contribution in [2.45, 2.75) is 45.8 Å². The van der Waals surface area contributed by atoms with Gasteiger partial charge in [0.1, 0.15) is 6.04 Å². The zero-order valence-corrected chi connectivity index (χ0v) is 16.1. The molecule has 1 atom stereocenters. The molecule has 0 heterocycles. The lowest BCUT2D eigenvalue weighted by Crippen LogP contribution is -2.51. The van der Waals surface area contributed by atoms with Crippen LogP contribution in [0.15, 0.2) is 28.7 Å². The van der Waals surface area contributed by atoms with E-state index >= 15 is 0 Å². The maximum absolute atomic E-state index is 12.3. The van der Waals surface area contributed by atoms with Crippen LogP contribution in [0.2, 0.25) is 0 Å². The minimum atomic E-state index is -1.00. The number of hydrogen-bond donors (Lipinski definition) is 4. The van der Waals surface area contributed by atoms with Crippen molar-refractivity contribution in [3.8, 4) is 0 Å². The number of hydrogen-bond acceptors (Lipinski definition) is 3. The van der Waals surface area contributed by atoms with E-state index in [0.29, 0.717) is 12.1 Å². The van der Waals surface area contributed by atoms with Gasteiger partial charge in [-0.25, -0.2) is 4.79 Å². The van der Waals surface area contributed by atoms with Gasteiger partial charge < -0.3 is 21.1 Å². The molecule has 4 N–H and O–H groups in total. The van der Waals surface area contributed by atoms with Crippen LogP contribution in [-0.4, -0.2) is 35.2 Å². The Morgan fingerprint density at radius 2 is 1.79 bits per heavy atom. The highest BCUT2D eigenvalue weighted by atomic mass is 79.9. The van der Waals surface area contributed by atoms with Gasteiger partial charge in [-0.1, -0.05) is 29.8 Å². The van der Waals surface area contributed by atoms with Crippen molar-refractivity contribution < 1.29 is 14.7 Å². The number of carbonyl (C=O) groups is 2. The predicted octanol–water partition coefficient (Wildman–Crippen LogP) is 2.87. The zero-order valence-electron chi connectivity index (χ0n) is 14.5. The zero-order chi connectivity index (χ0) is 18.3. The Hall–Kier alpha value is -1.60. The molecule has 1 aromatic carbocycles. The molecule has 1 aromatic rings. The maximum Gasteiger partial charge on any atom is 0.319 e. The van der Waals surface area contributed by atoms with Crippen LogP contribution >= 0.6 is 15.9 Å². The van der Waals surface area contributed by atoms with Crippen molar-refractivity contribution >= 4 is 33.6 Å². The molecule has 134 valence electrons. The highest BCUT2D eigenvalue weighted by molar-refractivity contribution is 9.10. The number of aliphatic hydroxyl groups is 1. The van der Waals surface area contributed by atoms with Gasteiger partial charge in [0.25, 0.3) is 0 Å². The van der Waals surface area contributed by atoms with Crippen molar-refractivity contribution in [3.05, 3.63) is 28.7 Å². The van der Waals surface area contributed by atoms with Gasteiger partial charge in [-0.05, 0) is 50.5 Å². The summed E-state index contributed by atoms with van der Waals surface area (Å²) < 4.78 is 0.914. The number of urea groups is 1. The first-order valence-corrected chi connectivity index (χ1v) is 8.69. The molecule has 6 nitrogen and oxygen atoms in total. The van der Waals surface area contributed by atoms with E-state index in [2.05, 4.69) is 31.9 Å². The first-order valence-electron chi connectivity index (χ1n) is 7.90. The molecular formula is C17H26BrN3O3. The van der Waals surface area contributed by atoms with E-state index < -0.39 is 17.7 Å². The SMILES string of the molecule is CC(C)CC(NC(=O)Nc1ccc(Br)cc1)C(=O)NCC(C)(C)O. The van der Waals surface area contributed by atoms with Crippen LogP contribution in [0.25, 0.3) is 0 Å². The Labute approximate surface area is 151 Å². The van der Waals surface area contributed by atoms with Gasteiger partial charge in [-0.2, -0.15) is 0 Å². The molecule has 0 aromatic heterocycles. The summed E-state index contributed by atoms with van der Waals surface area (Å²) in [6.45, 7) is 7.29. The lowest BCUT2D eigenvalue weighted by molar-refractivity contribution is -0.124. The quantitative estimate of drug-likeness (QED) is 0.567. The fourth-order valence-electron chi connectivity index (χ4n) is 1.99. The normalized spacial score (nSPS) is 12.6. The molecule has 1 rings (SSSR count). The smallest absolute Gasteiger partial charge is 0.319 e. The van der Waals surface area contributed by atoms with Crippen LogP contribution in [0.5, 0.6) is 0 Å². The number of amides is 3. The van der Waals surface area contributed by atoms with Crippen molar-refractivity contribution in [2.24, 2.45) is 5.92 Å². The van der Waals surface area contributed by atoms with Crippen molar-refractivity contribution in [2.75, 3.05) is 11.9 Å². The van der Waals surface area contributed by atoms with E-state index in [-0.39, 0.29) is 18.4 Å². The molecule has 0 aliphatic carbocycles. The Kier molecular flexibility index (Phi) is 7.69. The molecule has 0 aliphatic rings. The fraction of sp³-hybridized carbons (Fsp3) is 0.529. The maximum atomic E-state index is 12.3. The van der Waals surface area contributed by atoms with Crippen molar-refractivity contribution in [1.82, 2.24) is 10.6 Å². The lowest BCUT2D eigenvalue weighted by Gasteiger charge is -2.23. The number of rotatable bonds is 7. The van der Waals surface area contributed by atoms with Gasteiger partial charge in [0.15, 0.2) is 0 Å². The van der Waals surface area contributed by atoms with Gasteiger partial charge in [0.2, 0.25) is 5.91 Å². The largest absolute Gasteiger partial charge is 0.389 e. The summed E-state index contributed by atoms with van der Waals surface area (Å²) in [6, 6.07) is 6.04. The second-order valence-corrected chi connectivity index (χ2v) is 7.73. The standard InChI is InChI=1S/C17H26BrN3O3/c1-11(2)9-14(15(22)19-10-17(3,4)24)21-16(23)20-13-7-5-12(18)6-8-13/h5-8,11,14,24H,9-10H2,1-4H3,(H,19,22)(H2,20,21,23). The predicted molar refractivity (Wildman–Crippen MR) is 98.8 cm³/mol. The van der Waals surface area contributed by atoms with Crippen molar-refractivity contribution in [1.29, 1.82) is 0 Å². The third-order valence-corrected chi connectivity index (χ3v) is 3.65. The Morgan fingerprint density at radius 1 is 1.21 bits per heavy atom. The summed E-state index contributed by atoms with van der Waals surface area (Å²) >= 11 is 3.33. The van der Waals surface area contributed by atoms with Crippen LogP contribution in [0.3, 0.4) is 0 Å². The molecule has 24 heavy (non-hydrogen) atoms. The van der Waals surface area contributed by atoms with Crippen LogP contribution < -0.4 is 16.0 Å². The number of nitrogens with one attached hydrogen (secondary N) is 3. The Morgan fingerprint density at radius 3 is 2.29 bits per heavy atom. The van der Waals surface area contributed by atoms with Crippen molar-refractivity contribution in [3.63, 3.8) is 0 Å². The number of carbonyl (C=O) groups excluding carboxylic acids is 2. The molecule has 0 bridgehead atoms. The molecular weight excluding hydrogens is 374 g/mol. The molecule has 0 spiro atoms. The first kappa shape index (κ1) is 20.4. The minimum absolute atomic E-state index is 0.121. The summed E-state index contributed by atoms with van der Waals surface area (Å²) in [5.41, 5.74) is -0.367. The van der Waals surface area contributed by atoms with Crippen LogP contribution in [0.1, 0.15) is 34.1 Å². The third kappa shape index (κ3) is 8.31. The van der Waals surface area contributed by atoms with Gasteiger partial charge in [-0.3, -0.25) is 4.79 Å². The van der Waals surface area contributed by atoms with Gasteiger partial charge >= 0.3 is 6.03 Å². The van der Waals surface area contributed by atoms with Gasteiger partial charge in [0, 0.05) is 16.7 Å². The molecule has 0 saturated heterocycles. The van der Waals surface area contributed by atoms with E-state index in [1.807, 2.05) is 26.0 Å². The topological polar surface area (TPSA) is 90.5 Å². The average Bonchev–Trinajstić information content (AvgIpc) is 2.45. The number of benzene rings is 1. The number of anilines is 1.